The molecule has 0 fully saturated rings. The summed E-state index contributed by atoms with van der Waals surface area (Å²) in [6.07, 6.45) is 0.759. The maximum atomic E-state index is 11.9. The minimum Gasteiger partial charge on any atom is -0.378 e. The van der Waals surface area contributed by atoms with Gasteiger partial charge in [-0.1, -0.05) is 12.1 Å². The van der Waals surface area contributed by atoms with Crippen LogP contribution in [-0.2, 0) is 16.6 Å². The summed E-state index contributed by atoms with van der Waals surface area (Å²) >= 11 is 0. The molecule has 0 aliphatic carbocycles. The predicted octanol–water partition coefficient (Wildman–Crippen LogP) is 2.28. The van der Waals surface area contributed by atoms with Crippen molar-refractivity contribution in [2.45, 2.75) is 31.7 Å². The van der Waals surface area contributed by atoms with Crippen LogP contribution in [0.3, 0.4) is 0 Å². The highest BCUT2D eigenvalue weighted by molar-refractivity contribution is 7.89. The second kappa shape index (κ2) is 6.73. The van der Waals surface area contributed by atoms with Gasteiger partial charge in [-0.05, 0) is 37.6 Å². The highest BCUT2D eigenvalue weighted by atomic mass is 32.2. The molecule has 0 bridgehead atoms. The molecule has 7 heteroatoms. The number of aryl methyl sites for hydroxylation is 1. The first-order valence-corrected chi connectivity index (χ1v) is 8.25. The normalized spacial score (nSPS) is 11.5. The molecule has 2 N–H and O–H groups in total. The lowest BCUT2D eigenvalue weighted by molar-refractivity contribution is 0.384. The number of benzene rings is 1. The SMILES string of the molecule is CCCNS(=O)(=O)c1ccc(NCc2cc(C)no2)cc1. The summed E-state index contributed by atoms with van der Waals surface area (Å²) in [6.45, 7) is 4.71. The number of rotatable bonds is 7. The van der Waals surface area contributed by atoms with Crippen LogP contribution >= 0.6 is 0 Å². The molecule has 1 heterocycles. The van der Waals surface area contributed by atoms with Crippen LogP contribution in [0, 0.1) is 6.92 Å². The number of hydrogen-bond donors (Lipinski definition) is 2. The molecule has 0 saturated carbocycles. The highest BCUT2D eigenvalue weighted by Gasteiger charge is 2.12. The van der Waals surface area contributed by atoms with Crippen molar-refractivity contribution in [3.05, 3.63) is 41.8 Å². The van der Waals surface area contributed by atoms with Gasteiger partial charge in [0.25, 0.3) is 0 Å². The van der Waals surface area contributed by atoms with E-state index in [1.807, 2.05) is 19.9 Å². The second-order valence-electron chi connectivity index (χ2n) is 4.71. The Morgan fingerprint density at radius 2 is 1.95 bits per heavy atom. The summed E-state index contributed by atoms with van der Waals surface area (Å²) in [5.74, 6) is 0.730. The van der Waals surface area contributed by atoms with Gasteiger partial charge in [-0.15, -0.1) is 0 Å². The third-order valence-corrected chi connectivity index (χ3v) is 4.33. The standard InChI is InChI=1S/C14H19N3O3S/c1-3-8-16-21(18,19)14-6-4-12(5-7-14)15-10-13-9-11(2)17-20-13/h4-7,9,15-16H,3,8,10H2,1-2H3. The zero-order valence-electron chi connectivity index (χ0n) is 12.1. The minimum absolute atomic E-state index is 0.261. The topological polar surface area (TPSA) is 84.2 Å². The number of hydrogen-bond acceptors (Lipinski definition) is 5. The van der Waals surface area contributed by atoms with Crippen molar-refractivity contribution in [3.8, 4) is 0 Å². The first-order valence-electron chi connectivity index (χ1n) is 6.77. The van der Waals surface area contributed by atoms with Crippen molar-refractivity contribution >= 4 is 15.7 Å². The lowest BCUT2D eigenvalue weighted by atomic mass is 10.3. The zero-order chi connectivity index (χ0) is 15.3. The maximum Gasteiger partial charge on any atom is 0.240 e. The van der Waals surface area contributed by atoms with Gasteiger partial charge in [0.2, 0.25) is 10.0 Å². The molecule has 0 unspecified atom stereocenters. The fourth-order valence-corrected chi connectivity index (χ4v) is 2.89. The molecule has 0 amide bonds. The molecular formula is C14H19N3O3S. The van der Waals surface area contributed by atoms with E-state index < -0.39 is 10.0 Å². The van der Waals surface area contributed by atoms with Crippen LogP contribution in [0.1, 0.15) is 24.8 Å². The Labute approximate surface area is 124 Å². The monoisotopic (exact) mass is 309 g/mol. The summed E-state index contributed by atoms with van der Waals surface area (Å²) in [5.41, 5.74) is 1.65. The summed E-state index contributed by atoms with van der Waals surface area (Å²) in [4.78, 5) is 0.261. The zero-order valence-corrected chi connectivity index (χ0v) is 12.9. The van der Waals surface area contributed by atoms with Gasteiger partial charge in [0.15, 0.2) is 5.76 Å². The number of sulfonamides is 1. The fourth-order valence-electron chi connectivity index (χ4n) is 1.76. The van der Waals surface area contributed by atoms with Crippen LogP contribution < -0.4 is 10.0 Å². The Hall–Kier alpha value is -1.86. The van der Waals surface area contributed by atoms with E-state index in [1.54, 1.807) is 24.3 Å². The lowest BCUT2D eigenvalue weighted by Gasteiger charge is -2.07. The van der Waals surface area contributed by atoms with Gasteiger partial charge in [0.1, 0.15) is 0 Å². The van der Waals surface area contributed by atoms with Gasteiger partial charge in [-0.3, -0.25) is 0 Å². The van der Waals surface area contributed by atoms with E-state index in [2.05, 4.69) is 15.2 Å². The summed E-state index contributed by atoms with van der Waals surface area (Å²) < 4.78 is 31.5. The molecule has 2 aromatic rings. The van der Waals surface area contributed by atoms with Crippen LogP contribution in [0.4, 0.5) is 5.69 Å². The van der Waals surface area contributed by atoms with Crippen LogP contribution in [-0.4, -0.2) is 20.1 Å². The number of nitrogens with one attached hydrogen (secondary N) is 2. The number of aromatic nitrogens is 1. The van der Waals surface area contributed by atoms with Crippen molar-refractivity contribution in [1.29, 1.82) is 0 Å². The van der Waals surface area contributed by atoms with Crippen LogP contribution in [0.2, 0.25) is 0 Å². The van der Waals surface area contributed by atoms with E-state index >= 15 is 0 Å². The smallest absolute Gasteiger partial charge is 0.240 e. The summed E-state index contributed by atoms with van der Waals surface area (Å²) in [5, 5.41) is 6.95. The van der Waals surface area contributed by atoms with Crippen molar-refractivity contribution in [2.24, 2.45) is 0 Å². The quantitative estimate of drug-likeness (QED) is 0.819. The van der Waals surface area contributed by atoms with Gasteiger partial charge in [0, 0.05) is 18.3 Å². The molecule has 6 nitrogen and oxygen atoms in total. The van der Waals surface area contributed by atoms with Crippen LogP contribution in [0.5, 0.6) is 0 Å². The van der Waals surface area contributed by atoms with E-state index in [1.165, 1.54) is 0 Å². The Morgan fingerprint density at radius 1 is 1.24 bits per heavy atom. The van der Waals surface area contributed by atoms with Crippen molar-refractivity contribution in [3.63, 3.8) is 0 Å². The van der Waals surface area contributed by atoms with Crippen molar-refractivity contribution in [1.82, 2.24) is 9.88 Å². The number of anilines is 1. The van der Waals surface area contributed by atoms with E-state index in [9.17, 15) is 8.42 Å². The molecule has 0 saturated heterocycles. The molecule has 0 atom stereocenters. The molecule has 2 rings (SSSR count). The third-order valence-electron chi connectivity index (χ3n) is 2.85. The van der Waals surface area contributed by atoms with Crippen LogP contribution in [0.25, 0.3) is 0 Å². The largest absolute Gasteiger partial charge is 0.378 e. The van der Waals surface area contributed by atoms with E-state index in [0.717, 1.165) is 23.6 Å². The molecule has 0 aliphatic heterocycles. The fraction of sp³-hybridized carbons (Fsp3) is 0.357. The van der Waals surface area contributed by atoms with E-state index in [4.69, 9.17) is 4.52 Å². The highest BCUT2D eigenvalue weighted by Crippen LogP contribution is 2.15. The average molecular weight is 309 g/mol. The molecule has 0 aliphatic rings. The Kier molecular flexibility index (Phi) is 4.98. The first-order chi connectivity index (χ1) is 10.0. The minimum atomic E-state index is -3.41. The van der Waals surface area contributed by atoms with E-state index in [0.29, 0.717) is 13.1 Å². The van der Waals surface area contributed by atoms with Gasteiger partial charge in [-0.25, -0.2) is 13.1 Å². The molecule has 1 aromatic heterocycles. The molecule has 114 valence electrons. The molecule has 21 heavy (non-hydrogen) atoms. The van der Waals surface area contributed by atoms with Gasteiger partial charge in [-0.2, -0.15) is 0 Å². The molecule has 0 radical (unpaired) electrons. The number of nitrogens with zero attached hydrogens (tertiary/aromatic N) is 1. The molecule has 1 aromatic carbocycles. The average Bonchev–Trinajstić information content (AvgIpc) is 2.89. The third kappa shape index (κ3) is 4.30. The van der Waals surface area contributed by atoms with Crippen LogP contribution in [0.15, 0.2) is 39.8 Å². The van der Waals surface area contributed by atoms with Gasteiger partial charge in [0.05, 0.1) is 17.1 Å². The van der Waals surface area contributed by atoms with Gasteiger partial charge >= 0.3 is 0 Å². The predicted molar refractivity (Wildman–Crippen MR) is 80.5 cm³/mol. The van der Waals surface area contributed by atoms with Gasteiger partial charge < -0.3 is 9.84 Å². The second-order valence-corrected chi connectivity index (χ2v) is 6.48. The maximum absolute atomic E-state index is 11.9. The lowest BCUT2D eigenvalue weighted by Crippen LogP contribution is -2.24. The summed E-state index contributed by atoms with van der Waals surface area (Å²) in [6, 6.07) is 8.45. The Morgan fingerprint density at radius 3 is 2.52 bits per heavy atom. The van der Waals surface area contributed by atoms with E-state index in [-0.39, 0.29) is 4.90 Å². The van der Waals surface area contributed by atoms with Crippen molar-refractivity contribution in [2.75, 3.05) is 11.9 Å². The Bertz CT molecular complexity index is 678. The van der Waals surface area contributed by atoms with Crippen molar-refractivity contribution < 1.29 is 12.9 Å². The molecular weight excluding hydrogens is 290 g/mol. The molecule has 0 spiro atoms. The first kappa shape index (κ1) is 15.5. The summed E-state index contributed by atoms with van der Waals surface area (Å²) in [7, 11) is -3.41. The Balaban J connectivity index is 1.98.